The molecular weight excluding hydrogens is 759 g/mol. The first kappa shape index (κ1) is 51.2. The first-order valence-electron chi connectivity index (χ1n) is 20.7. The number of hydrogen-bond donors (Lipinski definition) is 0. The van der Waals surface area contributed by atoms with Gasteiger partial charge in [-0.05, 0) is 77.0 Å². The molecule has 0 aromatic heterocycles. The molecular formula is C50H85P2S3. The van der Waals surface area contributed by atoms with Crippen molar-refractivity contribution in [1.29, 1.82) is 0 Å². The second-order valence-corrected chi connectivity index (χ2v) is 35.9. The highest BCUT2D eigenvalue weighted by atomic mass is 33.1. The normalized spacial score (nSPS) is 15.4. The summed E-state index contributed by atoms with van der Waals surface area (Å²) in [7, 11) is 1.33. The van der Waals surface area contributed by atoms with Crippen LogP contribution in [-0.2, 0) is 32.5 Å². The summed E-state index contributed by atoms with van der Waals surface area (Å²) in [5, 5.41) is 3.14. The van der Waals surface area contributed by atoms with E-state index in [0.29, 0.717) is 0 Å². The molecule has 0 amide bonds. The van der Waals surface area contributed by atoms with Crippen LogP contribution in [0.3, 0.4) is 0 Å². The number of benzene rings is 2. The Morgan fingerprint density at radius 1 is 0.382 bits per heavy atom. The minimum absolute atomic E-state index is 0.0260. The summed E-state index contributed by atoms with van der Waals surface area (Å²) in [5.74, 6) is 0. The maximum absolute atomic E-state index is 2.62. The second kappa shape index (κ2) is 16.9. The summed E-state index contributed by atoms with van der Waals surface area (Å²) in [4.78, 5) is 0. The summed E-state index contributed by atoms with van der Waals surface area (Å²) in [6.07, 6.45) is -0.785. The van der Waals surface area contributed by atoms with Gasteiger partial charge in [-0.3, -0.25) is 0 Å². The quantitative estimate of drug-likeness (QED) is 0.201. The van der Waals surface area contributed by atoms with E-state index < -0.39 is 6.33 Å². The molecule has 0 saturated carbocycles. The van der Waals surface area contributed by atoms with Crippen LogP contribution in [0.2, 0.25) is 0 Å². The molecule has 0 fully saturated rings. The van der Waals surface area contributed by atoms with Crippen LogP contribution in [0.4, 0.5) is 0 Å². The zero-order valence-electron chi connectivity index (χ0n) is 40.9. The second-order valence-electron chi connectivity index (χ2n) is 25.0. The minimum Gasteiger partial charge on any atom is -0.117 e. The molecule has 0 aliphatic heterocycles. The summed E-state index contributed by atoms with van der Waals surface area (Å²) >= 11 is 6.56. The molecule has 0 saturated heterocycles. The van der Waals surface area contributed by atoms with Crippen LogP contribution in [0.15, 0.2) is 24.3 Å². The van der Waals surface area contributed by atoms with Crippen molar-refractivity contribution >= 4 is 58.9 Å². The van der Waals surface area contributed by atoms with Crippen molar-refractivity contribution in [2.75, 3.05) is 0 Å². The number of rotatable bonds is 7. The standard InChI is InChI=1S/C50H85P2S3/c1-42(2,3)32-28-34(44(7,8)9)38(35(29-32)45(10,11)12)40(51-53-48(19,20)21)41(52(54-49(22,23)24)55-50(25,26)27)39-36(46(13,14)15)30-33(43(4,5)6)31-37(39)47(16,17)18/h28-31H,1-27H3. The van der Waals surface area contributed by atoms with Crippen LogP contribution in [0, 0.1) is 0 Å². The SMILES string of the molecule is CC(C)(C)S[P]C(=C(c1c(C(C)(C)C)cc(C(C)(C)C)cc1C(C)(C)C)P(SC(C)(C)C)SC(C)(C)C)c1c(C(C)(C)C)cc(C(C)(C)C)cc1C(C)(C)C. The maximum Gasteiger partial charge on any atom is 0.0461 e. The molecule has 0 unspecified atom stereocenters. The lowest BCUT2D eigenvalue weighted by Gasteiger charge is -2.41. The Balaban J connectivity index is 3.86. The molecule has 5 heteroatoms. The Morgan fingerprint density at radius 3 is 0.873 bits per heavy atom. The molecule has 0 nitrogen and oxygen atoms in total. The Labute approximate surface area is 359 Å². The Kier molecular flexibility index (Phi) is 15.7. The third kappa shape index (κ3) is 14.7. The first-order valence-corrected chi connectivity index (χ1v) is 27.2. The van der Waals surface area contributed by atoms with Crippen LogP contribution in [0.25, 0.3) is 10.6 Å². The van der Waals surface area contributed by atoms with E-state index in [1.807, 2.05) is 0 Å². The average molecular weight is 844 g/mol. The Hall–Kier alpha value is 0.0900. The molecule has 0 heterocycles. The van der Waals surface area contributed by atoms with E-state index in [4.69, 9.17) is 0 Å². The van der Waals surface area contributed by atoms with Gasteiger partial charge < -0.3 is 0 Å². The van der Waals surface area contributed by atoms with Crippen molar-refractivity contribution < 1.29 is 0 Å². The molecule has 0 bridgehead atoms. The molecule has 2 rings (SSSR count). The highest BCUT2D eigenvalue weighted by Crippen LogP contribution is 2.79. The van der Waals surface area contributed by atoms with Gasteiger partial charge in [-0.15, -0.1) is 34.1 Å². The van der Waals surface area contributed by atoms with Gasteiger partial charge in [-0.25, -0.2) is 0 Å². The topological polar surface area (TPSA) is 0 Å². The van der Waals surface area contributed by atoms with Crippen LogP contribution in [0.1, 0.15) is 231 Å². The summed E-state index contributed by atoms with van der Waals surface area (Å²) in [6, 6.07) is 10.4. The lowest BCUT2D eigenvalue weighted by Crippen LogP contribution is -2.25. The molecule has 313 valence electrons. The molecule has 0 aliphatic carbocycles. The summed E-state index contributed by atoms with van der Waals surface area (Å²) in [5.41, 5.74) is 11.6. The van der Waals surface area contributed by atoms with Gasteiger partial charge in [0.25, 0.3) is 0 Å². The molecule has 0 N–H and O–H groups in total. The minimum atomic E-state index is -0.785. The highest BCUT2D eigenvalue weighted by Gasteiger charge is 2.40. The lowest BCUT2D eigenvalue weighted by atomic mass is 9.70. The molecule has 2 aromatic rings. The van der Waals surface area contributed by atoms with E-state index >= 15 is 0 Å². The van der Waals surface area contributed by atoms with E-state index in [9.17, 15) is 0 Å². The van der Waals surface area contributed by atoms with Gasteiger partial charge in [0.15, 0.2) is 0 Å². The fourth-order valence-corrected chi connectivity index (χ4v) is 20.9. The van der Waals surface area contributed by atoms with Gasteiger partial charge >= 0.3 is 0 Å². The monoisotopic (exact) mass is 844 g/mol. The van der Waals surface area contributed by atoms with Crippen LogP contribution >= 0.6 is 48.3 Å². The lowest BCUT2D eigenvalue weighted by molar-refractivity contribution is 0.545. The predicted molar refractivity (Wildman–Crippen MR) is 268 cm³/mol. The van der Waals surface area contributed by atoms with E-state index in [1.54, 1.807) is 5.31 Å². The predicted octanol–water partition coefficient (Wildman–Crippen LogP) is 19.1. The molecule has 0 aliphatic rings. The van der Waals surface area contributed by atoms with Crippen molar-refractivity contribution in [1.82, 2.24) is 0 Å². The van der Waals surface area contributed by atoms with Crippen LogP contribution in [-0.4, -0.2) is 14.2 Å². The van der Waals surface area contributed by atoms with Gasteiger partial charge in [0, 0.05) is 39.0 Å². The molecule has 0 atom stereocenters. The van der Waals surface area contributed by atoms with Gasteiger partial charge in [-0.1, -0.05) is 211 Å². The fourth-order valence-electron chi connectivity index (χ4n) is 6.32. The zero-order chi connectivity index (χ0) is 43.5. The average Bonchev–Trinajstić information content (AvgIpc) is 2.88. The maximum atomic E-state index is 2.62. The third-order valence-electron chi connectivity index (χ3n) is 9.25. The van der Waals surface area contributed by atoms with Crippen molar-refractivity contribution in [3.05, 3.63) is 68.8 Å². The van der Waals surface area contributed by atoms with Crippen molar-refractivity contribution in [3.63, 3.8) is 0 Å². The van der Waals surface area contributed by atoms with Gasteiger partial charge in [0.1, 0.15) is 0 Å². The molecule has 2 aromatic carbocycles. The van der Waals surface area contributed by atoms with E-state index in [2.05, 4.69) is 245 Å². The largest absolute Gasteiger partial charge is 0.117 e. The van der Waals surface area contributed by atoms with Gasteiger partial charge in [0.05, 0.1) is 0 Å². The van der Waals surface area contributed by atoms with Gasteiger partial charge in [-0.2, -0.15) is 0 Å². The van der Waals surface area contributed by atoms with E-state index in [1.165, 1.54) is 57.6 Å². The Morgan fingerprint density at radius 2 is 0.655 bits per heavy atom. The van der Waals surface area contributed by atoms with Gasteiger partial charge in [0.2, 0.25) is 0 Å². The molecule has 55 heavy (non-hydrogen) atoms. The van der Waals surface area contributed by atoms with Crippen molar-refractivity contribution in [2.24, 2.45) is 0 Å². The van der Waals surface area contributed by atoms with Crippen LogP contribution in [0.5, 0.6) is 0 Å². The third-order valence-corrected chi connectivity index (χ3v) is 22.1. The summed E-state index contributed by atoms with van der Waals surface area (Å²) in [6.45, 7) is 65.6. The van der Waals surface area contributed by atoms with Crippen molar-refractivity contribution in [2.45, 2.75) is 234 Å². The highest BCUT2D eigenvalue weighted by molar-refractivity contribution is 8.91. The molecule has 1 radical (unpaired) electrons. The molecule has 0 spiro atoms. The zero-order valence-corrected chi connectivity index (χ0v) is 45.2. The smallest absolute Gasteiger partial charge is 0.0461 e. The van der Waals surface area contributed by atoms with E-state index in [-0.39, 0.29) is 46.7 Å². The van der Waals surface area contributed by atoms with Crippen LogP contribution < -0.4 is 0 Å². The summed E-state index contributed by atoms with van der Waals surface area (Å²) < 4.78 is 0.221. The Bertz CT molecular complexity index is 1590. The van der Waals surface area contributed by atoms with Crippen molar-refractivity contribution in [3.8, 4) is 0 Å². The number of hydrogen-bond acceptors (Lipinski definition) is 3. The fraction of sp³-hybridized carbons (Fsp3) is 0.720. The van der Waals surface area contributed by atoms with E-state index in [0.717, 1.165) is 0 Å². The first-order chi connectivity index (χ1) is 24.0.